The van der Waals surface area contributed by atoms with Crippen LogP contribution >= 0.6 is 0 Å². The number of hydrogen-bond donors (Lipinski definition) is 0. The first-order chi connectivity index (χ1) is 5.76. The Hall–Kier alpha value is -0.0400. The topological polar surface area (TPSA) is 9.23 Å². The predicted molar refractivity (Wildman–Crippen MR) is 52.2 cm³/mol. The highest BCUT2D eigenvalue weighted by Crippen LogP contribution is 2.61. The molecule has 1 aliphatic carbocycles. The van der Waals surface area contributed by atoms with E-state index < -0.39 is 0 Å². The van der Waals surface area contributed by atoms with Gasteiger partial charge in [0.25, 0.3) is 0 Å². The molecule has 0 bridgehead atoms. The molecule has 1 saturated carbocycles. The van der Waals surface area contributed by atoms with Crippen molar-refractivity contribution in [2.75, 3.05) is 13.2 Å². The van der Waals surface area contributed by atoms with Crippen LogP contribution in [0.4, 0.5) is 0 Å². The van der Waals surface area contributed by atoms with Crippen LogP contribution in [0.1, 0.15) is 40.5 Å². The second-order valence-electron chi connectivity index (χ2n) is 4.11. The lowest BCUT2D eigenvalue weighted by atomic mass is 9.86. The third-order valence-electron chi connectivity index (χ3n) is 3.46. The van der Waals surface area contributed by atoms with E-state index in [4.69, 9.17) is 4.74 Å². The third-order valence-corrected chi connectivity index (χ3v) is 3.46. The van der Waals surface area contributed by atoms with Crippen LogP contribution in [0.3, 0.4) is 0 Å². The summed E-state index contributed by atoms with van der Waals surface area (Å²) in [7, 11) is 0. The van der Waals surface area contributed by atoms with E-state index >= 15 is 0 Å². The van der Waals surface area contributed by atoms with Gasteiger partial charge in [0.15, 0.2) is 0 Å². The van der Waals surface area contributed by atoms with Crippen molar-refractivity contribution in [2.45, 2.75) is 40.5 Å². The van der Waals surface area contributed by atoms with Crippen LogP contribution in [-0.4, -0.2) is 13.2 Å². The van der Waals surface area contributed by atoms with Crippen LogP contribution in [0.25, 0.3) is 0 Å². The Morgan fingerprint density at radius 2 is 2.00 bits per heavy atom. The Balaban J connectivity index is 0.000000336. The normalized spacial score (nSPS) is 38.2. The standard InChI is InChI=1S/C9H16O.C2H6/c1-7(2)9-3-4-10-6-8(9)5-9;1-2/h7-8H,3-6H2,1-2H3;1-2H3. The highest BCUT2D eigenvalue weighted by molar-refractivity contribution is 5.05. The SMILES string of the molecule is CC.CC(C)C12CCOCC1C2. The molecule has 1 heterocycles. The summed E-state index contributed by atoms with van der Waals surface area (Å²) in [5.41, 5.74) is 0.720. The van der Waals surface area contributed by atoms with Crippen LogP contribution < -0.4 is 0 Å². The Morgan fingerprint density at radius 3 is 2.42 bits per heavy atom. The van der Waals surface area contributed by atoms with Gasteiger partial charge in [-0.1, -0.05) is 27.7 Å². The fraction of sp³-hybridized carbons (Fsp3) is 1.00. The maximum Gasteiger partial charge on any atom is 0.0499 e. The molecule has 0 amide bonds. The van der Waals surface area contributed by atoms with Gasteiger partial charge in [0.1, 0.15) is 0 Å². The van der Waals surface area contributed by atoms with E-state index in [1.165, 1.54) is 12.8 Å². The fourth-order valence-corrected chi connectivity index (χ4v) is 2.41. The first-order valence-corrected chi connectivity index (χ1v) is 5.33. The summed E-state index contributed by atoms with van der Waals surface area (Å²) in [4.78, 5) is 0. The molecule has 0 N–H and O–H groups in total. The molecule has 1 aliphatic heterocycles. The van der Waals surface area contributed by atoms with Gasteiger partial charge in [0, 0.05) is 13.2 Å². The zero-order valence-corrected chi connectivity index (χ0v) is 8.89. The summed E-state index contributed by atoms with van der Waals surface area (Å²) in [6.07, 6.45) is 2.75. The molecule has 0 radical (unpaired) electrons. The average Bonchev–Trinajstić information content (AvgIpc) is 2.83. The summed E-state index contributed by atoms with van der Waals surface area (Å²) >= 11 is 0. The molecule has 1 heteroatoms. The lowest BCUT2D eigenvalue weighted by molar-refractivity contribution is 0.0463. The van der Waals surface area contributed by atoms with Crippen molar-refractivity contribution >= 4 is 0 Å². The first kappa shape index (κ1) is 10.0. The van der Waals surface area contributed by atoms with Gasteiger partial charge in [-0.25, -0.2) is 0 Å². The smallest absolute Gasteiger partial charge is 0.0499 e. The second kappa shape index (κ2) is 3.78. The molecule has 2 aliphatic rings. The molecule has 1 nitrogen and oxygen atoms in total. The van der Waals surface area contributed by atoms with Crippen molar-refractivity contribution in [1.82, 2.24) is 0 Å². The zero-order valence-electron chi connectivity index (χ0n) is 8.89. The zero-order chi connectivity index (χ0) is 9.19. The molecule has 2 unspecified atom stereocenters. The minimum atomic E-state index is 0.720. The van der Waals surface area contributed by atoms with Gasteiger partial charge >= 0.3 is 0 Å². The van der Waals surface area contributed by atoms with E-state index in [2.05, 4.69) is 13.8 Å². The summed E-state index contributed by atoms with van der Waals surface area (Å²) in [5, 5.41) is 0. The van der Waals surface area contributed by atoms with Crippen molar-refractivity contribution in [1.29, 1.82) is 0 Å². The van der Waals surface area contributed by atoms with E-state index in [1.807, 2.05) is 13.8 Å². The van der Waals surface area contributed by atoms with E-state index in [0.29, 0.717) is 0 Å². The van der Waals surface area contributed by atoms with Crippen molar-refractivity contribution in [3.8, 4) is 0 Å². The predicted octanol–water partition coefficient (Wildman–Crippen LogP) is 3.10. The van der Waals surface area contributed by atoms with Crippen molar-refractivity contribution in [3.63, 3.8) is 0 Å². The Labute approximate surface area is 76.5 Å². The van der Waals surface area contributed by atoms with E-state index in [1.54, 1.807) is 0 Å². The van der Waals surface area contributed by atoms with Crippen LogP contribution in [0.5, 0.6) is 0 Å². The molecule has 2 rings (SSSR count). The molecule has 2 atom stereocenters. The molecule has 0 aromatic carbocycles. The number of fused-ring (bicyclic) bond motifs is 1. The van der Waals surface area contributed by atoms with Gasteiger partial charge < -0.3 is 4.74 Å². The second-order valence-corrected chi connectivity index (χ2v) is 4.11. The van der Waals surface area contributed by atoms with Crippen molar-refractivity contribution in [2.24, 2.45) is 17.3 Å². The molecule has 12 heavy (non-hydrogen) atoms. The lowest BCUT2D eigenvalue weighted by Gasteiger charge is -2.25. The maximum absolute atomic E-state index is 5.40. The lowest BCUT2D eigenvalue weighted by Crippen LogP contribution is -2.22. The van der Waals surface area contributed by atoms with Gasteiger partial charge in [-0.15, -0.1) is 0 Å². The molecule has 0 aromatic rings. The Kier molecular flexibility index (Phi) is 3.16. The summed E-state index contributed by atoms with van der Waals surface area (Å²) in [5.74, 6) is 1.79. The quantitative estimate of drug-likeness (QED) is 0.587. The molecular weight excluding hydrogens is 148 g/mol. The summed E-state index contributed by atoms with van der Waals surface area (Å²) in [6, 6.07) is 0. The Morgan fingerprint density at radius 1 is 1.33 bits per heavy atom. The van der Waals surface area contributed by atoms with Crippen molar-refractivity contribution in [3.05, 3.63) is 0 Å². The van der Waals surface area contributed by atoms with Gasteiger partial charge in [-0.2, -0.15) is 0 Å². The average molecular weight is 170 g/mol. The number of ether oxygens (including phenoxy) is 1. The largest absolute Gasteiger partial charge is 0.381 e. The van der Waals surface area contributed by atoms with Gasteiger partial charge in [-0.3, -0.25) is 0 Å². The minimum absolute atomic E-state index is 0.720. The van der Waals surface area contributed by atoms with Gasteiger partial charge in [0.05, 0.1) is 0 Å². The first-order valence-electron chi connectivity index (χ1n) is 5.33. The van der Waals surface area contributed by atoms with Crippen LogP contribution in [0.15, 0.2) is 0 Å². The van der Waals surface area contributed by atoms with Crippen LogP contribution in [0, 0.1) is 17.3 Å². The molecule has 0 aromatic heterocycles. The maximum atomic E-state index is 5.40. The number of hydrogen-bond acceptors (Lipinski definition) is 1. The summed E-state index contributed by atoms with van der Waals surface area (Å²) < 4.78 is 5.40. The van der Waals surface area contributed by atoms with Crippen LogP contribution in [-0.2, 0) is 4.74 Å². The minimum Gasteiger partial charge on any atom is -0.381 e. The molecule has 2 fully saturated rings. The molecule has 72 valence electrons. The third kappa shape index (κ3) is 1.52. The van der Waals surface area contributed by atoms with Gasteiger partial charge in [0.2, 0.25) is 0 Å². The molecule has 0 spiro atoms. The number of rotatable bonds is 1. The van der Waals surface area contributed by atoms with E-state index in [9.17, 15) is 0 Å². The van der Waals surface area contributed by atoms with Crippen LogP contribution in [0.2, 0.25) is 0 Å². The summed E-state index contributed by atoms with van der Waals surface area (Å²) in [6.45, 7) is 10.8. The van der Waals surface area contributed by atoms with Gasteiger partial charge in [-0.05, 0) is 30.1 Å². The van der Waals surface area contributed by atoms with E-state index in [-0.39, 0.29) is 0 Å². The highest BCUT2D eigenvalue weighted by Gasteiger charge is 2.56. The van der Waals surface area contributed by atoms with E-state index in [0.717, 1.165) is 30.5 Å². The van der Waals surface area contributed by atoms with Crippen molar-refractivity contribution < 1.29 is 4.74 Å². The Bertz CT molecular complexity index is 142. The molecular formula is C11H22O. The molecule has 1 saturated heterocycles. The monoisotopic (exact) mass is 170 g/mol. The highest BCUT2D eigenvalue weighted by atomic mass is 16.5. The fourth-order valence-electron chi connectivity index (χ4n) is 2.41.